The molecule has 0 spiro atoms. The summed E-state index contributed by atoms with van der Waals surface area (Å²) >= 11 is 0. The van der Waals surface area contributed by atoms with Crippen molar-refractivity contribution in [3.63, 3.8) is 0 Å². The van der Waals surface area contributed by atoms with E-state index < -0.39 is 0 Å². The van der Waals surface area contributed by atoms with Gasteiger partial charge in [0, 0.05) is 31.2 Å². The summed E-state index contributed by atoms with van der Waals surface area (Å²) in [6.07, 6.45) is 5.68. The number of aliphatic hydroxyl groups is 1. The molecule has 0 aliphatic carbocycles. The zero-order valence-electron chi connectivity index (χ0n) is 12.5. The van der Waals surface area contributed by atoms with Gasteiger partial charge in [-0.2, -0.15) is 0 Å². The van der Waals surface area contributed by atoms with E-state index in [9.17, 15) is 5.11 Å². The normalized spacial score (nSPS) is 21.2. The number of hydrogen-bond donors (Lipinski definition) is 1. The van der Waals surface area contributed by atoms with E-state index in [2.05, 4.69) is 25.7 Å². The molecule has 0 aromatic carbocycles. The average molecular weight is 257 g/mol. The zero-order chi connectivity index (χ0) is 13.4. The van der Waals surface area contributed by atoms with E-state index in [0.29, 0.717) is 12.6 Å². The smallest absolute Gasteiger partial charge is 0.0501 e. The largest absolute Gasteiger partial charge is 0.396 e. The molecular weight excluding hydrogens is 226 g/mol. The number of aliphatic hydroxyl groups excluding tert-OH is 1. The Bertz CT molecular complexity index is 215. The van der Waals surface area contributed by atoms with Crippen LogP contribution in [0, 0.1) is 5.41 Å². The highest BCUT2D eigenvalue weighted by atomic mass is 16.5. The predicted molar refractivity (Wildman–Crippen MR) is 75.8 cm³/mol. The zero-order valence-corrected chi connectivity index (χ0v) is 12.5. The average Bonchev–Trinajstić information content (AvgIpc) is 2.43. The van der Waals surface area contributed by atoms with Gasteiger partial charge >= 0.3 is 0 Å². The topological polar surface area (TPSA) is 32.7 Å². The fraction of sp³-hybridized carbons (Fsp3) is 1.00. The first-order chi connectivity index (χ1) is 8.67. The Balaban J connectivity index is 2.60. The highest BCUT2D eigenvalue weighted by Crippen LogP contribution is 2.31. The molecule has 0 saturated carbocycles. The number of unbranched alkanes of at least 4 members (excludes halogenated alkanes) is 1. The van der Waals surface area contributed by atoms with Crippen molar-refractivity contribution in [3.8, 4) is 0 Å². The maximum absolute atomic E-state index is 9.79. The molecule has 0 bridgehead atoms. The molecular formula is C15H31NO2. The van der Waals surface area contributed by atoms with Crippen molar-refractivity contribution in [2.45, 2.75) is 58.9 Å². The molecule has 3 heteroatoms. The second-order valence-corrected chi connectivity index (χ2v) is 5.85. The molecule has 0 amide bonds. The third kappa shape index (κ3) is 4.52. The molecule has 0 aromatic rings. The minimum atomic E-state index is 0.0788. The first kappa shape index (κ1) is 15.9. The van der Waals surface area contributed by atoms with Gasteiger partial charge in [0.25, 0.3) is 0 Å². The lowest BCUT2D eigenvalue weighted by molar-refractivity contribution is -0.0401. The van der Waals surface area contributed by atoms with Gasteiger partial charge in [0.15, 0.2) is 0 Å². The van der Waals surface area contributed by atoms with Gasteiger partial charge in [-0.1, -0.05) is 20.3 Å². The lowest BCUT2D eigenvalue weighted by atomic mass is 9.80. The van der Waals surface area contributed by atoms with Gasteiger partial charge in [-0.25, -0.2) is 0 Å². The van der Waals surface area contributed by atoms with Crippen LogP contribution in [0.3, 0.4) is 0 Å². The van der Waals surface area contributed by atoms with Gasteiger partial charge in [0.1, 0.15) is 0 Å². The van der Waals surface area contributed by atoms with Gasteiger partial charge in [-0.15, -0.1) is 0 Å². The molecule has 1 atom stereocenters. The summed E-state index contributed by atoms with van der Waals surface area (Å²) in [5.74, 6) is 0. The van der Waals surface area contributed by atoms with Crippen molar-refractivity contribution < 1.29 is 9.84 Å². The first-order valence-corrected chi connectivity index (χ1v) is 7.60. The van der Waals surface area contributed by atoms with E-state index in [4.69, 9.17) is 4.74 Å². The Morgan fingerprint density at radius 3 is 2.44 bits per heavy atom. The summed E-state index contributed by atoms with van der Waals surface area (Å²) in [6.45, 7) is 10.9. The second kappa shape index (κ2) is 8.13. The summed E-state index contributed by atoms with van der Waals surface area (Å²) in [7, 11) is 0. The van der Waals surface area contributed by atoms with Gasteiger partial charge in [-0.05, 0) is 39.2 Å². The van der Waals surface area contributed by atoms with E-state index in [-0.39, 0.29) is 5.41 Å². The van der Waals surface area contributed by atoms with Crippen molar-refractivity contribution in [1.29, 1.82) is 0 Å². The Kier molecular flexibility index (Phi) is 7.20. The molecule has 1 rings (SSSR count). The number of nitrogens with zero attached hydrogens (tertiary/aromatic N) is 1. The summed E-state index contributed by atoms with van der Waals surface area (Å²) in [4.78, 5) is 2.57. The van der Waals surface area contributed by atoms with Crippen molar-refractivity contribution >= 4 is 0 Å². The van der Waals surface area contributed by atoms with Crippen LogP contribution in [0.4, 0.5) is 0 Å². The van der Waals surface area contributed by atoms with Crippen molar-refractivity contribution in [2.24, 2.45) is 5.41 Å². The number of ether oxygens (including phenoxy) is 1. The Morgan fingerprint density at radius 1 is 1.28 bits per heavy atom. The molecule has 1 heterocycles. The molecule has 1 aliphatic heterocycles. The Morgan fingerprint density at radius 2 is 1.94 bits per heavy atom. The van der Waals surface area contributed by atoms with Crippen LogP contribution < -0.4 is 0 Å². The lowest BCUT2D eigenvalue weighted by Crippen LogP contribution is -2.47. The quantitative estimate of drug-likeness (QED) is 0.725. The highest BCUT2D eigenvalue weighted by Gasteiger charge is 2.34. The minimum absolute atomic E-state index is 0.0788. The van der Waals surface area contributed by atoms with Crippen LogP contribution in [-0.2, 0) is 4.74 Å². The maximum Gasteiger partial charge on any atom is 0.0501 e. The maximum atomic E-state index is 9.79. The highest BCUT2D eigenvalue weighted by molar-refractivity contribution is 4.86. The van der Waals surface area contributed by atoms with Crippen LogP contribution in [0.5, 0.6) is 0 Å². The third-order valence-corrected chi connectivity index (χ3v) is 4.44. The first-order valence-electron chi connectivity index (χ1n) is 7.60. The summed E-state index contributed by atoms with van der Waals surface area (Å²) < 4.78 is 5.45. The molecule has 1 N–H and O–H groups in total. The summed E-state index contributed by atoms with van der Waals surface area (Å²) in [6, 6.07) is 0.614. The molecule has 18 heavy (non-hydrogen) atoms. The fourth-order valence-corrected chi connectivity index (χ4v) is 2.68. The van der Waals surface area contributed by atoms with Crippen molar-refractivity contribution in [1.82, 2.24) is 4.90 Å². The molecule has 3 nitrogen and oxygen atoms in total. The molecule has 1 unspecified atom stereocenters. The van der Waals surface area contributed by atoms with Crippen molar-refractivity contribution in [2.75, 3.05) is 32.9 Å². The summed E-state index contributed by atoms with van der Waals surface area (Å²) in [5.41, 5.74) is 0.0788. The standard InChI is InChI=1S/C15H31NO2/c1-4-6-9-16(14(3)5-2)12-15(13-17)7-10-18-11-8-15/h14,17H,4-13H2,1-3H3. The van der Waals surface area contributed by atoms with E-state index in [1.807, 2.05) is 0 Å². The molecule has 1 aliphatic rings. The van der Waals surface area contributed by atoms with Crippen LogP contribution in [0.1, 0.15) is 52.9 Å². The van der Waals surface area contributed by atoms with E-state index in [0.717, 1.165) is 39.1 Å². The predicted octanol–water partition coefficient (Wildman–Crippen LogP) is 2.68. The molecule has 108 valence electrons. The molecule has 1 saturated heterocycles. The van der Waals surface area contributed by atoms with Crippen LogP contribution >= 0.6 is 0 Å². The van der Waals surface area contributed by atoms with Gasteiger partial charge < -0.3 is 14.7 Å². The monoisotopic (exact) mass is 257 g/mol. The van der Waals surface area contributed by atoms with Crippen LogP contribution in [0.2, 0.25) is 0 Å². The van der Waals surface area contributed by atoms with Gasteiger partial charge in [0.2, 0.25) is 0 Å². The van der Waals surface area contributed by atoms with Gasteiger partial charge in [0.05, 0.1) is 6.61 Å². The SMILES string of the molecule is CCCCN(CC1(CO)CCOCC1)C(C)CC. The molecule has 0 radical (unpaired) electrons. The second-order valence-electron chi connectivity index (χ2n) is 5.85. The molecule has 1 fully saturated rings. The number of hydrogen-bond acceptors (Lipinski definition) is 3. The summed E-state index contributed by atoms with van der Waals surface area (Å²) in [5, 5.41) is 9.79. The Labute approximate surface area is 113 Å². The van der Waals surface area contributed by atoms with Crippen LogP contribution in [0.15, 0.2) is 0 Å². The lowest BCUT2D eigenvalue weighted by Gasteiger charge is -2.41. The Hall–Kier alpha value is -0.120. The van der Waals surface area contributed by atoms with Crippen molar-refractivity contribution in [3.05, 3.63) is 0 Å². The van der Waals surface area contributed by atoms with E-state index in [1.165, 1.54) is 19.3 Å². The third-order valence-electron chi connectivity index (χ3n) is 4.44. The van der Waals surface area contributed by atoms with Gasteiger partial charge in [-0.3, -0.25) is 0 Å². The minimum Gasteiger partial charge on any atom is -0.396 e. The number of rotatable bonds is 8. The van der Waals surface area contributed by atoms with E-state index in [1.54, 1.807) is 0 Å². The van der Waals surface area contributed by atoms with Crippen LogP contribution in [-0.4, -0.2) is 49.0 Å². The fourth-order valence-electron chi connectivity index (χ4n) is 2.68. The molecule has 0 aromatic heterocycles. The van der Waals surface area contributed by atoms with Crippen LogP contribution in [0.25, 0.3) is 0 Å². The van der Waals surface area contributed by atoms with E-state index >= 15 is 0 Å².